The Labute approximate surface area is 132 Å². The van der Waals surface area contributed by atoms with E-state index in [1.54, 1.807) is 0 Å². The third-order valence-corrected chi connectivity index (χ3v) is 4.21. The average molecular weight is 345 g/mol. The molecule has 0 radical (unpaired) electrons. The normalized spacial score (nSPS) is 12.7. The zero-order valence-corrected chi connectivity index (χ0v) is 13.4. The second-order valence-corrected chi connectivity index (χ2v) is 5.95. The topological polar surface area (TPSA) is 38.0 Å². The minimum atomic E-state index is -0.541. The standard InChI is InChI=1S/C17H17BrN2O/c1-2-20-15-6-4-3-5-14(15)19-17(20)11-16(21)12-7-9-13(18)10-8-12/h3-10,16,21H,2,11H2,1H3. The van der Waals surface area contributed by atoms with Crippen LogP contribution in [0.15, 0.2) is 53.0 Å². The molecule has 0 spiro atoms. The number of benzene rings is 2. The van der Waals surface area contributed by atoms with Crippen LogP contribution < -0.4 is 0 Å². The number of imidazole rings is 1. The van der Waals surface area contributed by atoms with Gasteiger partial charge in [0.1, 0.15) is 5.82 Å². The summed E-state index contributed by atoms with van der Waals surface area (Å²) in [5, 5.41) is 10.4. The van der Waals surface area contributed by atoms with Crippen LogP contribution >= 0.6 is 15.9 Å². The summed E-state index contributed by atoms with van der Waals surface area (Å²) in [7, 11) is 0. The third-order valence-electron chi connectivity index (χ3n) is 3.68. The molecule has 108 valence electrons. The van der Waals surface area contributed by atoms with Crippen LogP contribution in [0.1, 0.15) is 24.4 Å². The number of halogens is 1. The van der Waals surface area contributed by atoms with Crippen LogP contribution in [0.2, 0.25) is 0 Å². The number of para-hydroxylation sites is 2. The Hall–Kier alpha value is -1.65. The summed E-state index contributed by atoms with van der Waals surface area (Å²) in [6.07, 6.45) is -0.0235. The van der Waals surface area contributed by atoms with Gasteiger partial charge in [-0.2, -0.15) is 0 Å². The van der Waals surface area contributed by atoms with Gasteiger partial charge in [-0.1, -0.05) is 40.2 Å². The highest BCUT2D eigenvalue weighted by molar-refractivity contribution is 9.10. The number of hydrogen-bond acceptors (Lipinski definition) is 2. The van der Waals surface area contributed by atoms with Crippen molar-refractivity contribution >= 4 is 27.0 Å². The molecule has 1 heterocycles. The van der Waals surface area contributed by atoms with Crippen LogP contribution in [0.3, 0.4) is 0 Å². The van der Waals surface area contributed by atoms with Gasteiger partial charge in [0.05, 0.1) is 17.1 Å². The minimum absolute atomic E-state index is 0.518. The molecule has 3 nitrogen and oxygen atoms in total. The van der Waals surface area contributed by atoms with Gasteiger partial charge in [0.15, 0.2) is 0 Å². The summed E-state index contributed by atoms with van der Waals surface area (Å²) in [5.74, 6) is 0.925. The van der Waals surface area contributed by atoms with E-state index in [9.17, 15) is 5.11 Å². The van der Waals surface area contributed by atoms with Crippen LogP contribution in [-0.2, 0) is 13.0 Å². The minimum Gasteiger partial charge on any atom is -0.388 e. The van der Waals surface area contributed by atoms with Crippen molar-refractivity contribution in [3.8, 4) is 0 Å². The highest BCUT2D eigenvalue weighted by atomic mass is 79.9. The fourth-order valence-electron chi connectivity index (χ4n) is 2.61. The number of aromatic nitrogens is 2. The van der Waals surface area contributed by atoms with Crippen molar-refractivity contribution in [1.29, 1.82) is 0 Å². The molecule has 0 aliphatic rings. The number of aryl methyl sites for hydroxylation is 1. The van der Waals surface area contributed by atoms with Gasteiger partial charge in [0.2, 0.25) is 0 Å². The van der Waals surface area contributed by atoms with E-state index in [1.165, 1.54) is 0 Å². The Morgan fingerprint density at radius 3 is 2.57 bits per heavy atom. The van der Waals surface area contributed by atoms with Crippen LogP contribution in [0.4, 0.5) is 0 Å². The molecule has 3 aromatic rings. The fourth-order valence-corrected chi connectivity index (χ4v) is 2.87. The van der Waals surface area contributed by atoms with Crippen molar-refractivity contribution in [3.05, 3.63) is 64.4 Å². The molecule has 1 atom stereocenters. The lowest BCUT2D eigenvalue weighted by atomic mass is 10.1. The molecular formula is C17H17BrN2O. The smallest absolute Gasteiger partial charge is 0.112 e. The zero-order valence-electron chi connectivity index (χ0n) is 11.8. The van der Waals surface area contributed by atoms with Crippen LogP contribution in [0.5, 0.6) is 0 Å². The molecule has 21 heavy (non-hydrogen) atoms. The molecule has 0 saturated carbocycles. The molecule has 0 saturated heterocycles. The summed E-state index contributed by atoms with van der Waals surface area (Å²) >= 11 is 3.41. The summed E-state index contributed by atoms with van der Waals surface area (Å²) in [4.78, 5) is 4.66. The van der Waals surface area contributed by atoms with Crippen LogP contribution in [0, 0.1) is 0 Å². The molecule has 1 aromatic heterocycles. The number of hydrogen-bond donors (Lipinski definition) is 1. The molecule has 0 fully saturated rings. The monoisotopic (exact) mass is 344 g/mol. The summed E-state index contributed by atoms with van der Waals surface area (Å²) in [6.45, 7) is 2.95. The zero-order chi connectivity index (χ0) is 14.8. The first-order valence-corrected chi connectivity index (χ1v) is 7.86. The van der Waals surface area contributed by atoms with E-state index in [4.69, 9.17) is 0 Å². The maximum atomic E-state index is 10.4. The predicted octanol–water partition coefficient (Wildman–Crippen LogP) is 4.09. The Morgan fingerprint density at radius 2 is 1.86 bits per heavy atom. The molecule has 4 heteroatoms. The van der Waals surface area contributed by atoms with Gasteiger partial charge in [-0.15, -0.1) is 0 Å². The van der Waals surface area contributed by atoms with Gasteiger partial charge in [-0.3, -0.25) is 0 Å². The SMILES string of the molecule is CCn1c(CC(O)c2ccc(Br)cc2)nc2ccccc21. The van der Waals surface area contributed by atoms with Crippen molar-refractivity contribution in [2.75, 3.05) is 0 Å². The fraction of sp³-hybridized carbons (Fsp3) is 0.235. The van der Waals surface area contributed by atoms with Gasteiger partial charge in [0.25, 0.3) is 0 Å². The molecule has 2 aromatic carbocycles. The van der Waals surface area contributed by atoms with Gasteiger partial charge < -0.3 is 9.67 Å². The largest absolute Gasteiger partial charge is 0.388 e. The van der Waals surface area contributed by atoms with E-state index in [-0.39, 0.29) is 0 Å². The second kappa shape index (κ2) is 6.00. The van der Waals surface area contributed by atoms with Crippen LogP contribution in [-0.4, -0.2) is 14.7 Å². The first-order valence-electron chi connectivity index (χ1n) is 7.06. The van der Waals surface area contributed by atoms with Gasteiger partial charge in [-0.25, -0.2) is 4.98 Å². The molecule has 1 N–H and O–H groups in total. The van der Waals surface area contributed by atoms with E-state index >= 15 is 0 Å². The maximum absolute atomic E-state index is 10.4. The first-order chi connectivity index (χ1) is 10.2. The molecule has 0 amide bonds. The van der Waals surface area contributed by atoms with Crippen LogP contribution in [0.25, 0.3) is 11.0 Å². The number of aliphatic hydroxyl groups is 1. The van der Waals surface area contributed by atoms with E-state index in [0.717, 1.165) is 33.4 Å². The van der Waals surface area contributed by atoms with Crippen molar-refractivity contribution in [1.82, 2.24) is 9.55 Å². The average Bonchev–Trinajstić information content (AvgIpc) is 2.84. The van der Waals surface area contributed by atoms with E-state index < -0.39 is 6.10 Å². The summed E-state index contributed by atoms with van der Waals surface area (Å²) in [5.41, 5.74) is 3.02. The maximum Gasteiger partial charge on any atom is 0.112 e. The molecule has 0 aliphatic carbocycles. The number of nitrogens with zero attached hydrogens (tertiary/aromatic N) is 2. The lowest BCUT2D eigenvalue weighted by molar-refractivity contribution is 0.174. The molecule has 0 aliphatic heterocycles. The summed E-state index contributed by atoms with van der Waals surface area (Å²) < 4.78 is 3.18. The number of fused-ring (bicyclic) bond motifs is 1. The molecule has 3 rings (SSSR count). The van der Waals surface area contributed by atoms with Gasteiger partial charge in [-0.05, 0) is 36.8 Å². The Bertz CT molecular complexity index is 749. The molecule has 1 unspecified atom stereocenters. The third kappa shape index (κ3) is 2.87. The summed E-state index contributed by atoms with van der Waals surface area (Å²) in [6, 6.07) is 15.9. The highest BCUT2D eigenvalue weighted by Gasteiger charge is 2.15. The lowest BCUT2D eigenvalue weighted by Crippen LogP contribution is -2.08. The van der Waals surface area contributed by atoms with Crippen molar-refractivity contribution in [2.45, 2.75) is 26.0 Å². The number of rotatable bonds is 4. The second-order valence-electron chi connectivity index (χ2n) is 5.03. The predicted molar refractivity (Wildman–Crippen MR) is 88.2 cm³/mol. The van der Waals surface area contributed by atoms with E-state index in [2.05, 4.69) is 38.5 Å². The van der Waals surface area contributed by atoms with E-state index in [1.807, 2.05) is 42.5 Å². The van der Waals surface area contributed by atoms with Crippen molar-refractivity contribution in [3.63, 3.8) is 0 Å². The Balaban J connectivity index is 1.92. The lowest BCUT2D eigenvalue weighted by Gasteiger charge is -2.12. The highest BCUT2D eigenvalue weighted by Crippen LogP contribution is 2.23. The quantitative estimate of drug-likeness (QED) is 0.773. The van der Waals surface area contributed by atoms with E-state index in [0.29, 0.717) is 6.42 Å². The van der Waals surface area contributed by atoms with Crippen molar-refractivity contribution in [2.24, 2.45) is 0 Å². The first kappa shape index (κ1) is 14.3. The number of aliphatic hydroxyl groups excluding tert-OH is 1. The van der Waals surface area contributed by atoms with Gasteiger partial charge in [0, 0.05) is 17.4 Å². The Kier molecular flexibility index (Phi) is 4.08. The van der Waals surface area contributed by atoms with Crippen molar-refractivity contribution < 1.29 is 5.11 Å². The molecule has 0 bridgehead atoms. The Morgan fingerprint density at radius 1 is 1.14 bits per heavy atom. The van der Waals surface area contributed by atoms with Gasteiger partial charge >= 0.3 is 0 Å². The molecular weight excluding hydrogens is 328 g/mol.